The van der Waals surface area contributed by atoms with Crippen molar-refractivity contribution in [1.82, 2.24) is 14.5 Å². The summed E-state index contributed by atoms with van der Waals surface area (Å²) in [5.74, 6) is 0.556. The van der Waals surface area contributed by atoms with Gasteiger partial charge in [0.2, 0.25) is 5.89 Å². The minimum atomic E-state index is 0.556. The van der Waals surface area contributed by atoms with Gasteiger partial charge in [0.15, 0.2) is 5.58 Å². The molecule has 2 N–H and O–H groups in total. The van der Waals surface area contributed by atoms with Gasteiger partial charge in [-0.1, -0.05) is 0 Å². The molecular formula is C11H10N4O. The third-order valence-electron chi connectivity index (χ3n) is 2.45. The molecule has 2 aromatic heterocycles. The molecule has 0 amide bonds. The zero-order valence-corrected chi connectivity index (χ0v) is 8.71. The van der Waals surface area contributed by atoms with E-state index in [-0.39, 0.29) is 0 Å². The fourth-order valence-corrected chi connectivity index (χ4v) is 1.61. The number of hydrogen-bond donors (Lipinski definition) is 1. The van der Waals surface area contributed by atoms with Crippen molar-refractivity contribution in [2.75, 3.05) is 5.73 Å². The molecule has 0 saturated heterocycles. The van der Waals surface area contributed by atoms with Gasteiger partial charge in [-0.25, -0.2) is 9.97 Å². The number of oxazole rings is 1. The first-order chi connectivity index (χ1) is 7.74. The van der Waals surface area contributed by atoms with Gasteiger partial charge in [-0.3, -0.25) is 0 Å². The zero-order valence-electron chi connectivity index (χ0n) is 8.71. The van der Waals surface area contributed by atoms with Crippen molar-refractivity contribution >= 4 is 16.8 Å². The molecule has 3 aromatic rings. The number of aromatic nitrogens is 3. The van der Waals surface area contributed by atoms with Gasteiger partial charge < -0.3 is 14.7 Å². The quantitative estimate of drug-likeness (QED) is 0.627. The second kappa shape index (κ2) is 3.10. The van der Waals surface area contributed by atoms with E-state index in [0.717, 1.165) is 11.2 Å². The number of aryl methyl sites for hydroxylation is 1. The standard InChI is InChI=1S/C11H10N4O/c1-15-6-13-5-9(15)11-14-8-3-2-7(12)4-10(8)16-11/h2-6H,12H2,1H3. The lowest BCUT2D eigenvalue weighted by Gasteiger charge is -1.93. The van der Waals surface area contributed by atoms with Crippen LogP contribution in [0.15, 0.2) is 35.1 Å². The van der Waals surface area contributed by atoms with Crippen molar-refractivity contribution in [3.05, 3.63) is 30.7 Å². The number of imidazole rings is 1. The SMILES string of the molecule is Cn1cncc1-c1nc2ccc(N)cc2o1. The predicted molar refractivity (Wildman–Crippen MR) is 60.6 cm³/mol. The van der Waals surface area contributed by atoms with Crippen LogP contribution in [0.1, 0.15) is 0 Å². The minimum Gasteiger partial charge on any atom is -0.435 e. The van der Waals surface area contributed by atoms with E-state index < -0.39 is 0 Å². The highest BCUT2D eigenvalue weighted by atomic mass is 16.3. The summed E-state index contributed by atoms with van der Waals surface area (Å²) in [6.45, 7) is 0. The molecule has 0 bridgehead atoms. The summed E-state index contributed by atoms with van der Waals surface area (Å²) in [5.41, 5.74) is 8.67. The highest BCUT2D eigenvalue weighted by Crippen LogP contribution is 2.24. The van der Waals surface area contributed by atoms with Crippen LogP contribution in [-0.4, -0.2) is 14.5 Å². The van der Waals surface area contributed by atoms with Gasteiger partial charge in [0.1, 0.15) is 11.2 Å². The number of benzene rings is 1. The first-order valence-corrected chi connectivity index (χ1v) is 4.87. The first kappa shape index (κ1) is 8.96. The first-order valence-electron chi connectivity index (χ1n) is 4.87. The Morgan fingerprint density at radius 1 is 1.38 bits per heavy atom. The molecule has 0 aliphatic heterocycles. The number of fused-ring (bicyclic) bond motifs is 1. The highest BCUT2D eigenvalue weighted by Gasteiger charge is 2.10. The van der Waals surface area contributed by atoms with Crippen LogP contribution in [0, 0.1) is 0 Å². The lowest BCUT2D eigenvalue weighted by molar-refractivity contribution is 0.612. The van der Waals surface area contributed by atoms with E-state index in [2.05, 4.69) is 9.97 Å². The van der Waals surface area contributed by atoms with E-state index in [0.29, 0.717) is 17.2 Å². The van der Waals surface area contributed by atoms with Gasteiger partial charge in [0, 0.05) is 18.8 Å². The van der Waals surface area contributed by atoms with Gasteiger partial charge in [-0.05, 0) is 12.1 Å². The van der Waals surface area contributed by atoms with Crippen LogP contribution in [0.25, 0.3) is 22.7 Å². The van der Waals surface area contributed by atoms with Crippen LogP contribution in [0.2, 0.25) is 0 Å². The molecule has 2 heterocycles. The lowest BCUT2D eigenvalue weighted by atomic mass is 10.3. The molecule has 0 atom stereocenters. The summed E-state index contributed by atoms with van der Waals surface area (Å²) in [6, 6.07) is 5.41. The summed E-state index contributed by atoms with van der Waals surface area (Å²) < 4.78 is 7.48. The van der Waals surface area contributed by atoms with E-state index in [1.807, 2.05) is 17.7 Å². The maximum Gasteiger partial charge on any atom is 0.245 e. The molecule has 0 radical (unpaired) electrons. The predicted octanol–water partition coefficient (Wildman–Crippen LogP) is 1.81. The number of anilines is 1. The van der Waals surface area contributed by atoms with E-state index in [1.54, 1.807) is 24.7 Å². The molecule has 0 aliphatic rings. The summed E-state index contributed by atoms with van der Waals surface area (Å²) in [5, 5.41) is 0. The summed E-state index contributed by atoms with van der Waals surface area (Å²) in [6.07, 6.45) is 3.42. The molecule has 5 nitrogen and oxygen atoms in total. The minimum absolute atomic E-state index is 0.556. The van der Waals surface area contributed by atoms with Crippen molar-refractivity contribution in [1.29, 1.82) is 0 Å². The maximum absolute atomic E-state index is 5.68. The van der Waals surface area contributed by atoms with Crippen LogP contribution in [0.4, 0.5) is 5.69 Å². The molecule has 80 valence electrons. The highest BCUT2D eigenvalue weighted by molar-refractivity contribution is 5.78. The third-order valence-corrected chi connectivity index (χ3v) is 2.45. The van der Waals surface area contributed by atoms with E-state index in [1.165, 1.54) is 0 Å². The molecule has 3 rings (SSSR count). The van der Waals surface area contributed by atoms with Gasteiger partial charge in [-0.15, -0.1) is 0 Å². The smallest absolute Gasteiger partial charge is 0.245 e. The molecule has 0 aliphatic carbocycles. The van der Waals surface area contributed by atoms with Crippen molar-refractivity contribution in [3.63, 3.8) is 0 Å². The van der Waals surface area contributed by atoms with Crippen LogP contribution >= 0.6 is 0 Å². The fourth-order valence-electron chi connectivity index (χ4n) is 1.61. The Balaban J connectivity index is 2.23. The van der Waals surface area contributed by atoms with Crippen molar-refractivity contribution in [2.24, 2.45) is 7.05 Å². The monoisotopic (exact) mass is 214 g/mol. The number of nitrogen functional groups attached to an aromatic ring is 1. The average Bonchev–Trinajstić information content (AvgIpc) is 2.82. The zero-order chi connectivity index (χ0) is 11.1. The summed E-state index contributed by atoms with van der Waals surface area (Å²) in [7, 11) is 1.89. The maximum atomic E-state index is 5.68. The molecule has 1 aromatic carbocycles. The van der Waals surface area contributed by atoms with E-state index in [9.17, 15) is 0 Å². The summed E-state index contributed by atoms with van der Waals surface area (Å²) in [4.78, 5) is 8.40. The second-order valence-electron chi connectivity index (χ2n) is 3.64. The van der Waals surface area contributed by atoms with Crippen LogP contribution in [-0.2, 0) is 7.05 Å². The van der Waals surface area contributed by atoms with E-state index in [4.69, 9.17) is 10.2 Å². The largest absolute Gasteiger partial charge is 0.435 e. The van der Waals surface area contributed by atoms with Gasteiger partial charge >= 0.3 is 0 Å². The number of nitrogens with zero attached hydrogens (tertiary/aromatic N) is 3. The van der Waals surface area contributed by atoms with Crippen molar-refractivity contribution in [2.45, 2.75) is 0 Å². The Morgan fingerprint density at radius 3 is 3.00 bits per heavy atom. The molecular weight excluding hydrogens is 204 g/mol. The Kier molecular flexibility index (Phi) is 1.73. The average molecular weight is 214 g/mol. The number of rotatable bonds is 1. The third kappa shape index (κ3) is 1.25. The Morgan fingerprint density at radius 2 is 2.25 bits per heavy atom. The lowest BCUT2D eigenvalue weighted by Crippen LogP contribution is -1.88. The summed E-state index contributed by atoms with van der Waals surface area (Å²) >= 11 is 0. The van der Waals surface area contributed by atoms with E-state index >= 15 is 0 Å². The topological polar surface area (TPSA) is 69.9 Å². The number of hydrogen-bond acceptors (Lipinski definition) is 4. The van der Waals surface area contributed by atoms with Crippen LogP contribution < -0.4 is 5.73 Å². The van der Waals surface area contributed by atoms with Crippen LogP contribution in [0.3, 0.4) is 0 Å². The van der Waals surface area contributed by atoms with Crippen molar-refractivity contribution in [3.8, 4) is 11.6 Å². The second-order valence-corrected chi connectivity index (χ2v) is 3.64. The molecule has 5 heteroatoms. The number of nitrogens with two attached hydrogens (primary N) is 1. The van der Waals surface area contributed by atoms with Gasteiger partial charge in [0.25, 0.3) is 0 Å². The Labute approximate surface area is 91.5 Å². The van der Waals surface area contributed by atoms with Crippen molar-refractivity contribution < 1.29 is 4.42 Å². The fraction of sp³-hybridized carbons (Fsp3) is 0.0909. The Bertz CT molecular complexity index is 653. The molecule has 16 heavy (non-hydrogen) atoms. The molecule has 0 saturated carbocycles. The normalized spacial score (nSPS) is 11.1. The molecule has 0 spiro atoms. The molecule has 0 unspecified atom stereocenters. The Hall–Kier alpha value is -2.30. The van der Waals surface area contributed by atoms with Gasteiger partial charge in [0.05, 0.1) is 12.5 Å². The van der Waals surface area contributed by atoms with Crippen LogP contribution in [0.5, 0.6) is 0 Å². The van der Waals surface area contributed by atoms with Gasteiger partial charge in [-0.2, -0.15) is 0 Å². The molecule has 0 fully saturated rings.